The topological polar surface area (TPSA) is 34.1 Å². The number of carbonyl (C=O) groups excluding carboxylic acids is 2. The van der Waals surface area contributed by atoms with Gasteiger partial charge in [0.05, 0.1) is 0 Å². The second kappa shape index (κ2) is 2.54. The van der Waals surface area contributed by atoms with Crippen molar-refractivity contribution >= 4 is 11.6 Å². The van der Waals surface area contributed by atoms with Gasteiger partial charge in [0, 0.05) is 18.3 Å². The summed E-state index contributed by atoms with van der Waals surface area (Å²) in [7, 11) is 0. The summed E-state index contributed by atoms with van der Waals surface area (Å²) in [4.78, 5) is 22.5. The average Bonchev–Trinajstić information content (AvgIpc) is 2.28. The van der Waals surface area contributed by atoms with Gasteiger partial charge in [-0.05, 0) is 18.9 Å². The molecule has 0 radical (unpaired) electrons. The van der Waals surface area contributed by atoms with Gasteiger partial charge in [-0.1, -0.05) is 12.5 Å². The van der Waals surface area contributed by atoms with Crippen molar-refractivity contribution in [2.45, 2.75) is 26.2 Å². The van der Waals surface area contributed by atoms with Gasteiger partial charge in [0.2, 0.25) is 0 Å². The van der Waals surface area contributed by atoms with Gasteiger partial charge in [0.15, 0.2) is 5.78 Å². The van der Waals surface area contributed by atoms with Crippen LogP contribution < -0.4 is 0 Å². The monoisotopic (exact) mass is 164 g/mol. The molecule has 0 N–H and O–H groups in total. The van der Waals surface area contributed by atoms with Crippen molar-refractivity contribution < 1.29 is 9.59 Å². The Morgan fingerprint density at radius 2 is 2.17 bits per heavy atom. The first kappa shape index (κ1) is 7.71. The summed E-state index contributed by atoms with van der Waals surface area (Å²) in [6.07, 6.45) is 3.82. The summed E-state index contributed by atoms with van der Waals surface area (Å²) < 4.78 is 0. The van der Waals surface area contributed by atoms with Crippen LogP contribution in [0, 0.1) is 11.8 Å². The Labute approximate surface area is 71.6 Å². The van der Waals surface area contributed by atoms with E-state index in [0.717, 1.165) is 18.4 Å². The summed E-state index contributed by atoms with van der Waals surface area (Å²) in [6, 6.07) is 0. The molecule has 0 aromatic heterocycles. The van der Waals surface area contributed by atoms with Crippen molar-refractivity contribution in [2.24, 2.45) is 11.8 Å². The molecular formula is C10H12O2. The fourth-order valence-electron chi connectivity index (χ4n) is 2.18. The van der Waals surface area contributed by atoms with E-state index in [0.29, 0.717) is 12.2 Å². The Kier molecular flexibility index (Phi) is 1.63. The fraction of sp³-hybridized carbons (Fsp3) is 0.600. The number of hydrogen-bond acceptors (Lipinski definition) is 2. The number of rotatable bonds is 0. The zero-order valence-corrected chi connectivity index (χ0v) is 7.17. The lowest BCUT2D eigenvalue weighted by Gasteiger charge is -2.13. The van der Waals surface area contributed by atoms with E-state index in [1.54, 1.807) is 6.08 Å². The molecule has 2 nitrogen and oxygen atoms in total. The van der Waals surface area contributed by atoms with E-state index in [-0.39, 0.29) is 17.6 Å². The van der Waals surface area contributed by atoms with Gasteiger partial charge in [0.1, 0.15) is 5.78 Å². The molecule has 0 spiro atoms. The normalized spacial score (nSPS) is 34.9. The van der Waals surface area contributed by atoms with Crippen LogP contribution in [0.4, 0.5) is 0 Å². The number of carbonyl (C=O) groups is 2. The minimum absolute atomic E-state index is 0.0951. The lowest BCUT2D eigenvalue weighted by atomic mass is 9.89. The van der Waals surface area contributed by atoms with E-state index in [4.69, 9.17) is 0 Å². The SMILES string of the molecule is CC1CC2=CC(=O)CCC2C1=O. The van der Waals surface area contributed by atoms with Crippen molar-refractivity contribution in [3.63, 3.8) is 0 Å². The fourth-order valence-corrected chi connectivity index (χ4v) is 2.18. The van der Waals surface area contributed by atoms with E-state index in [1.165, 1.54) is 0 Å². The minimum Gasteiger partial charge on any atom is -0.299 e. The molecule has 2 unspecified atom stereocenters. The molecule has 2 aliphatic rings. The second-order valence-corrected chi connectivity index (χ2v) is 3.78. The van der Waals surface area contributed by atoms with E-state index in [1.807, 2.05) is 6.92 Å². The van der Waals surface area contributed by atoms with Crippen LogP contribution >= 0.6 is 0 Å². The molecule has 1 fully saturated rings. The van der Waals surface area contributed by atoms with E-state index in [9.17, 15) is 9.59 Å². The van der Waals surface area contributed by atoms with Crippen LogP contribution in [0.2, 0.25) is 0 Å². The quantitative estimate of drug-likeness (QED) is 0.543. The molecule has 64 valence electrons. The van der Waals surface area contributed by atoms with Crippen LogP contribution in [0.15, 0.2) is 11.6 Å². The van der Waals surface area contributed by atoms with Gasteiger partial charge < -0.3 is 0 Å². The molecule has 0 heterocycles. The molecule has 0 saturated heterocycles. The molecule has 2 heteroatoms. The molecular weight excluding hydrogens is 152 g/mol. The molecule has 2 atom stereocenters. The second-order valence-electron chi connectivity index (χ2n) is 3.78. The van der Waals surface area contributed by atoms with Crippen molar-refractivity contribution in [3.05, 3.63) is 11.6 Å². The first-order chi connectivity index (χ1) is 5.68. The van der Waals surface area contributed by atoms with E-state index in [2.05, 4.69) is 0 Å². The third-order valence-electron chi connectivity index (χ3n) is 2.84. The van der Waals surface area contributed by atoms with Crippen LogP contribution in [0.3, 0.4) is 0 Å². The largest absolute Gasteiger partial charge is 0.299 e. The lowest BCUT2D eigenvalue weighted by Crippen LogP contribution is -2.17. The highest BCUT2D eigenvalue weighted by Crippen LogP contribution is 2.37. The molecule has 2 aliphatic carbocycles. The van der Waals surface area contributed by atoms with Crippen LogP contribution in [0.5, 0.6) is 0 Å². The molecule has 0 bridgehead atoms. The van der Waals surface area contributed by atoms with Gasteiger partial charge in [-0.3, -0.25) is 9.59 Å². The van der Waals surface area contributed by atoms with Crippen molar-refractivity contribution in [1.82, 2.24) is 0 Å². The number of Topliss-reactive ketones (excluding diaryl/α,β-unsaturated/α-hetero) is 1. The van der Waals surface area contributed by atoms with Crippen LogP contribution in [0.25, 0.3) is 0 Å². The molecule has 0 amide bonds. The number of ketones is 2. The molecule has 12 heavy (non-hydrogen) atoms. The molecule has 1 saturated carbocycles. The predicted octanol–water partition coefficient (Wildman–Crippen LogP) is 1.50. The summed E-state index contributed by atoms with van der Waals surface area (Å²) in [5.74, 6) is 0.779. The standard InChI is InChI=1S/C10H12O2/c1-6-4-7-5-8(11)2-3-9(7)10(6)12/h5-6,9H,2-4H2,1H3. The number of fused-ring (bicyclic) bond motifs is 1. The lowest BCUT2D eigenvalue weighted by molar-refractivity contribution is -0.123. The maximum absolute atomic E-state index is 11.5. The average molecular weight is 164 g/mol. The number of hydrogen-bond donors (Lipinski definition) is 0. The maximum atomic E-state index is 11.5. The van der Waals surface area contributed by atoms with E-state index < -0.39 is 0 Å². The zero-order chi connectivity index (χ0) is 8.72. The summed E-state index contributed by atoms with van der Waals surface area (Å²) >= 11 is 0. The maximum Gasteiger partial charge on any atom is 0.155 e. The van der Waals surface area contributed by atoms with Crippen LogP contribution in [-0.4, -0.2) is 11.6 Å². The van der Waals surface area contributed by atoms with Gasteiger partial charge in [-0.25, -0.2) is 0 Å². The first-order valence-electron chi connectivity index (χ1n) is 4.45. The third-order valence-corrected chi connectivity index (χ3v) is 2.84. The Bertz CT molecular complexity index is 276. The third kappa shape index (κ3) is 1.02. The highest BCUT2D eigenvalue weighted by Gasteiger charge is 2.37. The van der Waals surface area contributed by atoms with Gasteiger partial charge in [-0.15, -0.1) is 0 Å². The Balaban J connectivity index is 2.31. The van der Waals surface area contributed by atoms with Gasteiger partial charge >= 0.3 is 0 Å². The van der Waals surface area contributed by atoms with Crippen LogP contribution in [-0.2, 0) is 9.59 Å². The molecule has 0 aromatic rings. The predicted molar refractivity (Wildman–Crippen MR) is 44.6 cm³/mol. The number of allylic oxidation sites excluding steroid dienone is 2. The zero-order valence-electron chi connectivity index (χ0n) is 7.17. The summed E-state index contributed by atoms with van der Waals surface area (Å²) in [5, 5.41) is 0. The van der Waals surface area contributed by atoms with Gasteiger partial charge in [-0.2, -0.15) is 0 Å². The Hall–Kier alpha value is -0.920. The summed E-state index contributed by atoms with van der Waals surface area (Å²) in [5.41, 5.74) is 1.09. The van der Waals surface area contributed by atoms with Crippen molar-refractivity contribution in [2.75, 3.05) is 0 Å². The van der Waals surface area contributed by atoms with Gasteiger partial charge in [0.25, 0.3) is 0 Å². The van der Waals surface area contributed by atoms with E-state index >= 15 is 0 Å². The summed E-state index contributed by atoms with van der Waals surface area (Å²) in [6.45, 7) is 1.95. The first-order valence-corrected chi connectivity index (χ1v) is 4.45. The molecule has 0 aliphatic heterocycles. The van der Waals surface area contributed by atoms with Crippen molar-refractivity contribution in [1.29, 1.82) is 0 Å². The molecule has 0 aromatic carbocycles. The Morgan fingerprint density at radius 1 is 1.42 bits per heavy atom. The smallest absolute Gasteiger partial charge is 0.155 e. The highest BCUT2D eigenvalue weighted by molar-refractivity contribution is 5.97. The molecule has 2 rings (SSSR count). The minimum atomic E-state index is 0.0951. The highest BCUT2D eigenvalue weighted by atomic mass is 16.1. The van der Waals surface area contributed by atoms with Crippen molar-refractivity contribution in [3.8, 4) is 0 Å². The Morgan fingerprint density at radius 3 is 2.92 bits per heavy atom. The van der Waals surface area contributed by atoms with Crippen LogP contribution in [0.1, 0.15) is 26.2 Å².